The fourth-order valence-electron chi connectivity index (χ4n) is 2.99. The van der Waals surface area contributed by atoms with Gasteiger partial charge in [0.25, 0.3) is 0 Å². The lowest BCUT2D eigenvalue weighted by atomic mass is 10.1. The van der Waals surface area contributed by atoms with Crippen LogP contribution in [-0.4, -0.2) is 39.1 Å². The summed E-state index contributed by atoms with van der Waals surface area (Å²) in [5.74, 6) is 6.81. The molecule has 0 bridgehead atoms. The van der Waals surface area contributed by atoms with E-state index in [9.17, 15) is 9.59 Å². The van der Waals surface area contributed by atoms with Crippen molar-refractivity contribution in [3.63, 3.8) is 0 Å². The highest BCUT2D eigenvalue weighted by Crippen LogP contribution is 2.26. The molecule has 1 atom stereocenters. The number of anilines is 1. The van der Waals surface area contributed by atoms with Gasteiger partial charge in [-0.25, -0.2) is 0 Å². The van der Waals surface area contributed by atoms with E-state index in [0.29, 0.717) is 6.54 Å². The number of carbonyl (C=O) groups is 2. The maximum absolute atomic E-state index is 12.4. The summed E-state index contributed by atoms with van der Waals surface area (Å²) in [5, 5.41) is 2.79. The lowest BCUT2D eigenvalue weighted by Gasteiger charge is -2.16. The van der Waals surface area contributed by atoms with E-state index in [1.807, 2.05) is 36.4 Å². The van der Waals surface area contributed by atoms with Crippen molar-refractivity contribution in [2.24, 2.45) is 5.92 Å². The quantitative estimate of drug-likeness (QED) is 0.811. The molecule has 1 fully saturated rings. The number of nitrogens with one attached hydrogen (secondary N) is 1. The summed E-state index contributed by atoms with van der Waals surface area (Å²) >= 11 is 0. The molecule has 1 aliphatic heterocycles. The Morgan fingerprint density at radius 3 is 2.29 bits per heavy atom. The second kappa shape index (κ2) is 8.96. The van der Waals surface area contributed by atoms with Gasteiger partial charge in [0.15, 0.2) is 0 Å². The molecule has 3 rings (SSSR count). The van der Waals surface area contributed by atoms with Gasteiger partial charge in [-0.15, -0.1) is 0 Å². The number of nitrogens with zero attached hydrogens (tertiary/aromatic N) is 1. The number of rotatable bonds is 5. The van der Waals surface area contributed by atoms with E-state index in [0.717, 1.165) is 22.7 Å². The van der Waals surface area contributed by atoms with E-state index in [4.69, 9.17) is 9.47 Å². The predicted molar refractivity (Wildman–Crippen MR) is 106 cm³/mol. The average Bonchev–Trinajstić information content (AvgIpc) is 3.13. The van der Waals surface area contributed by atoms with Crippen molar-refractivity contribution in [2.45, 2.75) is 6.42 Å². The molecule has 1 unspecified atom stereocenters. The van der Waals surface area contributed by atoms with Crippen molar-refractivity contribution in [2.75, 3.05) is 32.2 Å². The number of hydrogen-bond acceptors (Lipinski definition) is 4. The van der Waals surface area contributed by atoms with Crippen LogP contribution in [0.3, 0.4) is 0 Å². The Hall–Kier alpha value is -3.46. The molecule has 2 aromatic rings. The number of carbonyl (C=O) groups excluding carboxylic acids is 2. The molecule has 6 heteroatoms. The number of hydrogen-bond donors (Lipinski definition) is 1. The van der Waals surface area contributed by atoms with Crippen LogP contribution < -0.4 is 19.7 Å². The maximum Gasteiger partial charge on any atom is 0.227 e. The van der Waals surface area contributed by atoms with Crippen LogP contribution in [0.1, 0.15) is 12.0 Å². The molecule has 1 saturated heterocycles. The molecule has 1 aliphatic rings. The Labute approximate surface area is 164 Å². The summed E-state index contributed by atoms with van der Waals surface area (Å²) in [6, 6.07) is 14.6. The zero-order valence-electron chi connectivity index (χ0n) is 15.9. The van der Waals surface area contributed by atoms with E-state index >= 15 is 0 Å². The molecule has 0 spiro atoms. The van der Waals surface area contributed by atoms with Crippen molar-refractivity contribution in [3.8, 4) is 23.3 Å². The van der Waals surface area contributed by atoms with Crippen molar-refractivity contribution < 1.29 is 19.1 Å². The van der Waals surface area contributed by atoms with Crippen molar-refractivity contribution in [3.05, 3.63) is 54.1 Å². The summed E-state index contributed by atoms with van der Waals surface area (Å²) in [4.78, 5) is 26.3. The largest absolute Gasteiger partial charge is 0.497 e. The molecule has 0 aromatic heterocycles. The van der Waals surface area contributed by atoms with Gasteiger partial charge in [0.1, 0.15) is 11.5 Å². The molecule has 1 heterocycles. The standard InChI is InChI=1S/C22H22N2O4/c1-27-19-9-5-16(6-10-19)4-3-13-23-22(26)17-14-21(25)24(15-17)18-7-11-20(28-2)12-8-18/h5-12,17H,13-15H2,1-2H3,(H,23,26). The molecule has 0 radical (unpaired) electrons. The number of amides is 2. The lowest BCUT2D eigenvalue weighted by molar-refractivity contribution is -0.126. The average molecular weight is 378 g/mol. The molecule has 6 nitrogen and oxygen atoms in total. The van der Waals surface area contributed by atoms with Crippen LogP contribution in [-0.2, 0) is 9.59 Å². The first-order valence-electron chi connectivity index (χ1n) is 8.96. The Bertz CT molecular complexity index is 895. The lowest BCUT2D eigenvalue weighted by Crippen LogP contribution is -2.33. The third kappa shape index (κ3) is 4.63. The van der Waals surface area contributed by atoms with Gasteiger partial charge in [0.05, 0.1) is 26.7 Å². The molecule has 2 aromatic carbocycles. The molecule has 1 N–H and O–H groups in total. The molecular weight excluding hydrogens is 356 g/mol. The molecule has 0 aliphatic carbocycles. The monoisotopic (exact) mass is 378 g/mol. The zero-order valence-corrected chi connectivity index (χ0v) is 15.9. The molecular formula is C22H22N2O4. The van der Waals surface area contributed by atoms with Crippen molar-refractivity contribution in [1.29, 1.82) is 0 Å². The number of benzene rings is 2. The van der Waals surface area contributed by atoms with Crippen LogP contribution in [0.25, 0.3) is 0 Å². The fraction of sp³-hybridized carbons (Fsp3) is 0.273. The second-order valence-corrected chi connectivity index (χ2v) is 6.35. The highest BCUT2D eigenvalue weighted by molar-refractivity contribution is 6.00. The van der Waals surface area contributed by atoms with Gasteiger partial charge >= 0.3 is 0 Å². The van der Waals surface area contributed by atoms with Gasteiger partial charge in [0, 0.05) is 24.2 Å². The van der Waals surface area contributed by atoms with E-state index in [1.54, 1.807) is 31.3 Å². The van der Waals surface area contributed by atoms with Crippen molar-refractivity contribution in [1.82, 2.24) is 5.32 Å². The number of ether oxygens (including phenoxy) is 2. The summed E-state index contributed by atoms with van der Waals surface area (Å²) in [5.41, 5.74) is 1.61. The first-order valence-corrected chi connectivity index (χ1v) is 8.96. The Kier molecular flexibility index (Phi) is 6.18. The third-order valence-corrected chi connectivity index (χ3v) is 4.55. The zero-order chi connectivity index (χ0) is 19.9. The summed E-state index contributed by atoms with van der Waals surface area (Å²) in [6.07, 6.45) is 0.198. The first kappa shape index (κ1) is 19.3. The summed E-state index contributed by atoms with van der Waals surface area (Å²) in [7, 11) is 3.20. The highest BCUT2D eigenvalue weighted by Gasteiger charge is 2.34. The molecule has 28 heavy (non-hydrogen) atoms. The SMILES string of the molecule is COc1ccc(C#CCNC(=O)C2CC(=O)N(c3ccc(OC)cc3)C2)cc1. The molecule has 2 amide bonds. The Morgan fingerprint density at radius 2 is 1.68 bits per heavy atom. The predicted octanol–water partition coefficient (Wildman–Crippen LogP) is 2.22. The van der Waals surface area contributed by atoms with Crippen LogP contribution in [0.4, 0.5) is 5.69 Å². The van der Waals surface area contributed by atoms with Gasteiger partial charge in [-0.3, -0.25) is 9.59 Å². The highest BCUT2D eigenvalue weighted by atomic mass is 16.5. The minimum absolute atomic E-state index is 0.0605. The van der Waals surface area contributed by atoms with Crippen molar-refractivity contribution >= 4 is 17.5 Å². The fourth-order valence-corrected chi connectivity index (χ4v) is 2.99. The first-order chi connectivity index (χ1) is 13.6. The van der Waals surface area contributed by atoms with E-state index in [2.05, 4.69) is 17.2 Å². The van der Waals surface area contributed by atoms with Gasteiger partial charge in [-0.2, -0.15) is 0 Å². The maximum atomic E-state index is 12.4. The van der Waals surface area contributed by atoms with Crippen LogP contribution in [0.2, 0.25) is 0 Å². The van der Waals surface area contributed by atoms with Gasteiger partial charge < -0.3 is 19.7 Å². The second-order valence-electron chi connectivity index (χ2n) is 6.35. The van der Waals surface area contributed by atoms with E-state index in [-0.39, 0.29) is 30.7 Å². The normalized spacial score (nSPS) is 15.6. The van der Waals surface area contributed by atoms with Crippen LogP contribution in [0.15, 0.2) is 48.5 Å². The minimum Gasteiger partial charge on any atom is -0.497 e. The van der Waals surface area contributed by atoms with Crippen LogP contribution in [0.5, 0.6) is 11.5 Å². The Balaban J connectivity index is 1.52. The van der Waals surface area contributed by atoms with E-state index in [1.165, 1.54) is 0 Å². The number of methoxy groups -OCH3 is 2. The van der Waals surface area contributed by atoms with Crippen LogP contribution >= 0.6 is 0 Å². The summed E-state index contributed by atoms with van der Waals surface area (Å²) in [6.45, 7) is 0.598. The third-order valence-electron chi connectivity index (χ3n) is 4.55. The topological polar surface area (TPSA) is 67.9 Å². The summed E-state index contributed by atoms with van der Waals surface area (Å²) < 4.78 is 10.2. The smallest absolute Gasteiger partial charge is 0.227 e. The van der Waals surface area contributed by atoms with E-state index < -0.39 is 0 Å². The molecule has 144 valence electrons. The van der Waals surface area contributed by atoms with Gasteiger partial charge in [-0.1, -0.05) is 11.8 Å². The van der Waals surface area contributed by atoms with Crippen LogP contribution in [0, 0.1) is 17.8 Å². The minimum atomic E-state index is -0.377. The Morgan fingerprint density at radius 1 is 1.07 bits per heavy atom. The molecule has 0 saturated carbocycles. The van der Waals surface area contributed by atoms with Gasteiger partial charge in [0.2, 0.25) is 11.8 Å². The van der Waals surface area contributed by atoms with Gasteiger partial charge in [-0.05, 0) is 48.5 Å².